The first-order chi connectivity index (χ1) is 8.16. The van der Waals surface area contributed by atoms with Crippen molar-refractivity contribution in [2.75, 3.05) is 18.9 Å². The number of carbonyl (C=O) groups excluding carboxylic acids is 1. The van der Waals surface area contributed by atoms with Crippen LogP contribution < -0.4 is 11.3 Å². The number of amides is 1. The number of nitrogens with two attached hydrogens (primary N) is 1. The molecule has 0 spiro atoms. The fourth-order valence-corrected chi connectivity index (χ4v) is 1.69. The Balaban J connectivity index is 2.07. The van der Waals surface area contributed by atoms with E-state index in [1.165, 1.54) is 28.0 Å². The molecule has 1 fully saturated rings. The van der Waals surface area contributed by atoms with Crippen molar-refractivity contribution in [1.29, 1.82) is 0 Å². The van der Waals surface area contributed by atoms with Crippen LogP contribution in [0, 0.1) is 0 Å². The van der Waals surface area contributed by atoms with Crippen molar-refractivity contribution in [1.82, 2.24) is 9.63 Å². The van der Waals surface area contributed by atoms with Gasteiger partial charge in [0.2, 0.25) is 0 Å². The van der Waals surface area contributed by atoms with Crippen LogP contribution in [0.25, 0.3) is 0 Å². The molecule has 1 aliphatic rings. The Kier molecular flexibility index (Phi) is 3.43. The Morgan fingerprint density at radius 1 is 1.41 bits per heavy atom. The van der Waals surface area contributed by atoms with Gasteiger partial charge in [-0.25, -0.2) is 5.06 Å². The van der Waals surface area contributed by atoms with Crippen LogP contribution in [0.1, 0.15) is 12.8 Å². The molecule has 0 atom stereocenters. The monoisotopic (exact) mass is 237 g/mol. The molecular formula is C11H15N3O3. The number of hydrogen-bond donors (Lipinski definition) is 1. The molecule has 1 aromatic rings. The van der Waals surface area contributed by atoms with Crippen LogP contribution in [0.15, 0.2) is 23.1 Å². The van der Waals surface area contributed by atoms with Gasteiger partial charge in [-0.2, -0.15) is 0 Å². The van der Waals surface area contributed by atoms with Gasteiger partial charge in [0.05, 0.1) is 6.61 Å². The number of anilines is 1. The van der Waals surface area contributed by atoms with Crippen molar-refractivity contribution in [3.05, 3.63) is 28.7 Å². The standard InChI is InChI=1S/C11H15N3O3/c12-9-3-4-10(15)13(7-9)8-11(16)14-5-1-2-6-17-14/h3-4,7H,1-2,5-6,8,12H2. The molecule has 92 valence electrons. The lowest BCUT2D eigenvalue weighted by atomic mass is 10.3. The van der Waals surface area contributed by atoms with Gasteiger partial charge in [-0.05, 0) is 18.9 Å². The van der Waals surface area contributed by atoms with Crippen LogP contribution in [0.5, 0.6) is 0 Å². The lowest BCUT2D eigenvalue weighted by molar-refractivity contribution is -0.197. The summed E-state index contributed by atoms with van der Waals surface area (Å²) in [6.07, 6.45) is 3.35. The van der Waals surface area contributed by atoms with Gasteiger partial charge in [-0.3, -0.25) is 14.4 Å². The number of nitrogen functional groups attached to an aromatic ring is 1. The third kappa shape index (κ3) is 2.85. The van der Waals surface area contributed by atoms with Gasteiger partial charge in [0.1, 0.15) is 6.54 Å². The van der Waals surface area contributed by atoms with Crippen molar-refractivity contribution in [2.24, 2.45) is 0 Å². The minimum Gasteiger partial charge on any atom is -0.398 e. The van der Waals surface area contributed by atoms with E-state index in [4.69, 9.17) is 10.6 Å². The summed E-state index contributed by atoms with van der Waals surface area (Å²) in [5.74, 6) is -0.225. The quantitative estimate of drug-likeness (QED) is 0.784. The van der Waals surface area contributed by atoms with Crippen molar-refractivity contribution in [2.45, 2.75) is 19.4 Å². The SMILES string of the molecule is Nc1ccc(=O)n(CC(=O)N2CCCCO2)c1. The molecule has 6 heteroatoms. The highest BCUT2D eigenvalue weighted by atomic mass is 16.7. The predicted molar refractivity (Wildman–Crippen MR) is 62.0 cm³/mol. The molecule has 1 aromatic heterocycles. The highest BCUT2D eigenvalue weighted by molar-refractivity contribution is 5.75. The molecule has 17 heavy (non-hydrogen) atoms. The van der Waals surface area contributed by atoms with E-state index in [1.807, 2.05) is 0 Å². The smallest absolute Gasteiger partial charge is 0.266 e. The molecular weight excluding hydrogens is 222 g/mol. The van der Waals surface area contributed by atoms with Crippen molar-refractivity contribution < 1.29 is 9.63 Å². The van der Waals surface area contributed by atoms with Crippen LogP contribution in [0.4, 0.5) is 5.69 Å². The van der Waals surface area contributed by atoms with Crippen LogP contribution >= 0.6 is 0 Å². The molecule has 1 saturated heterocycles. The second-order valence-corrected chi connectivity index (χ2v) is 3.96. The van der Waals surface area contributed by atoms with Crippen molar-refractivity contribution in [3.63, 3.8) is 0 Å². The van der Waals surface area contributed by atoms with E-state index in [1.54, 1.807) is 0 Å². The summed E-state index contributed by atoms with van der Waals surface area (Å²) in [7, 11) is 0. The zero-order valence-corrected chi connectivity index (χ0v) is 9.46. The third-order valence-electron chi connectivity index (χ3n) is 2.59. The van der Waals surface area contributed by atoms with E-state index >= 15 is 0 Å². The molecule has 2 rings (SSSR count). The molecule has 0 bridgehead atoms. The van der Waals surface area contributed by atoms with E-state index in [2.05, 4.69) is 0 Å². The zero-order valence-electron chi connectivity index (χ0n) is 9.46. The summed E-state index contributed by atoms with van der Waals surface area (Å²) in [5.41, 5.74) is 5.78. The Bertz CT molecular complexity index is 463. The Morgan fingerprint density at radius 2 is 2.24 bits per heavy atom. The summed E-state index contributed by atoms with van der Waals surface area (Å²) in [6, 6.07) is 2.86. The topological polar surface area (TPSA) is 77.6 Å². The maximum Gasteiger partial charge on any atom is 0.266 e. The fraction of sp³-hybridized carbons (Fsp3) is 0.455. The first-order valence-corrected chi connectivity index (χ1v) is 5.56. The first kappa shape index (κ1) is 11.7. The van der Waals surface area contributed by atoms with Gasteiger partial charge >= 0.3 is 0 Å². The number of rotatable bonds is 2. The van der Waals surface area contributed by atoms with Crippen LogP contribution in [-0.4, -0.2) is 28.7 Å². The van der Waals surface area contributed by atoms with Gasteiger partial charge < -0.3 is 10.3 Å². The Hall–Kier alpha value is -1.82. The van der Waals surface area contributed by atoms with E-state index in [-0.39, 0.29) is 18.0 Å². The normalized spacial score (nSPS) is 15.9. The van der Waals surface area contributed by atoms with Gasteiger partial charge in [-0.15, -0.1) is 0 Å². The molecule has 1 aliphatic heterocycles. The number of carbonyl (C=O) groups is 1. The van der Waals surface area contributed by atoms with Gasteiger partial charge in [-0.1, -0.05) is 0 Å². The minimum atomic E-state index is -0.246. The molecule has 0 unspecified atom stereocenters. The molecule has 6 nitrogen and oxygen atoms in total. The molecule has 1 amide bonds. The number of hydrogen-bond acceptors (Lipinski definition) is 4. The summed E-state index contributed by atoms with van der Waals surface area (Å²) in [5, 5.41) is 1.32. The second-order valence-electron chi connectivity index (χ2n) is 3.96. The van der Waals surface area contributed by atoms with Crippen LogP contribution in [0.3, 0.4) is 0 Å². The van der Waals surface area contributed by atoms with Gasteiger partial charge in [0.15, 0.2) is 0 Å². The lowest BCUT2D eigenvalue weighted by Crippen LogP contribution is -2.39. The average Bonchev–Trinajstić information content (AvgIpc) is 2.35. The van der Waals surface area contributed by atoms with E-state index in [9.17, 15) is 9.59 Å². The van der Waals surface area contributed by atoms with Crippen LogP contribution in [0.2, 0.25) is 0 Å². The van der Waals surface area contributed by atoms with Crippen molar-refractivity contribution >= 4 is 11.6 Å². The molecule has 0 aliphatic carbocycles. The zero-order chi connectivity index (χ0) is 12.3. The van der Waals surface area contributed by atoms with Crippen LogP contribution in [-0.2, 0) is 16.2 Å². The molecule has 0 saturated carbocycles. The number of nitrogens with zero attached hydrogens (tertiary/aromatic N) is 2. The number of aromatic nitrogens is 1. The number of pyridine rings is 1. The van der Waals surface area contributed by atoms with E-state index < -0.39 is 0 Å². The maximum absolute atomic E-state index is 11.8. The highest BCUT2D eigenvalue weighted by Gasteiger charge is 2.18. The molecule has 2 N–H and O–H groups in total. The summed E-state index contributed by atoms with van der Waals surface area (Å²) in [6.45, 7) is 1.09. The van der Waals surface area contributed by atoms with E-state index in [0.717, 1.165) is 12.8 Å². The Morgan fingerprint density at radius 3 is 2.94 bits per heavy atom. The first-order valence-electron chi connectivity index (χ1n) is 5.56. The minimum absolute atomic E-state index is 0.0378. The summed E-state index contributed by atoms with van der Waals surface area (Å²) >= 11 is 0. The Labute approximate surface area is 98.5 Å². The molecule has 2 heterocycles. The molecule has 0 aromatic carbocycles. The fourth-order valence-electron chi connectivity index (χ4n) is 1.69. The largest absolute Gasteiger partial charge is 0.398 e. The summed E-state index contributed by atoms with van der Waals surface area (Å²) in [4.78, 5) is 28.5. The predicted octanol–water partition coefficient (Wildman–Crippen LogP) is -0.0155. The lowest BCUT2D eigenvalue weighted by Gasteiger charge is -2.26. The second kappa shape index (κ2) is 5.01. The van der Waals surface area contributed by atoms with Gasteiger partial charge in [0, 0.05) is 24.5 Å². The molecule has 0 radical (unpaired) electrons. The average molecular weight is 237 g/mol. The van der Waals surface area contributed by atoms with E-state index in [0.29, 0.717) is 18.8 Å². The van der Waals surface area contributed by atoms with Crippen molar-refractivity contribution in [3.8, 4) is 0 Å². The summed E-state index contributed by atoms with van der Waals surface area (Å²) < 4.78 is 1.29. The highest BCUT2D eigenvalue weighted by Crippen LogP contribution is 2.06. The number of hydroxylamine groups is 2. The third-order valence-corrected chi connectivity index (χ3v) is 2.59. The van der Waals surface area contributed by atoms with Gasteiger partial charge in [0.25, 0.3) is 11.5 Å². The maximum atomic E-state index is 11.8.